The van der Waals surface area contributed by atoms with E-state index in [9.17, 15) is 33.9 Å². The fraction of sp³-hybridized carbons (Fsp3) is 0.395. The zero-order valence-electron chi connectivity index (χ0n) is 33.7. The summed E-state index contributed by atoms with van der Waals surface area (Å²) in [5.41, 5.74) is 8.86. The first kappa shape index (κ1) is 45.1. The van der Waals surface area contributed by atoms with E-state index in [0.29, 0.717) is 48.7 Å². The van der Waals surface area contributed by atoms with E-state index in [0.717, 1.165) is 16.6 Å². The minimum Gasteiger partial charge on any atom is -0.481 e. The summed E-state index contributed by atoms with van der Waals surface area (Å²) in [6, 6.07) is 14.3. The van der Waals surface area contributed by atoms with Gasteiger partial charge in [0, 0.05) is 37.1 Å². The van der Waals surface area contributed by atoms with Crippen molar-refractivity contribution < 1.29 is 38.3 Å². The number of aromatic nitrogens is 2. The Labute approximate surface area is 343 Å². The van der Waals surface area contributed by atoms with Crippen molar-refractivity contribution in [2.75, 3.05) is 11.9 Å². The number of aliphatic carboxylic acids is 1. The van der Waals surface area contributed by atoms with E-state index < -0.39 is 47.2 Å². The lowest BCUT2D eigenvalue weighted by atomic mass is 9.89. The highest BCUT2D eigenvalue weighted by Gasteiger charge is 2.38. The number of anilines is 2. The minimum atomic E-state index is -1.36. The van der Waals surface area contributed by atoms with Gasteiger partial charge in [-0.05, 0) is 98.9 Å². The number of hydrogen-bond donors (Lipinski definition) is 7. The van der Waals surface area contributed by atoms with Crippen molar-refractivity contribution in [1.82, 2.24) is 31.2 Å². The predicted octanol–water partition coefficient (Wildman–Crippen LogP) is 4.59. The summed E-state index contributed by atoms with van der Waals surface area (Å²) in [6.07, 6.45) is 8.04. The number of carbonyl (C=O) groups excluding carboxylic acids is 5. The predicted molar refractivity (Wildman–Crippen MR) is 223 cm³/mol. The van der Waals surface area contributed by atoms with Crippen LogP contribution in [0, 0.1) is 6.92 Å². The lowest BCUT2D eigenvalue weighted by molar-refractivity contribution is -0.137. The number of aryl methyl sites for hydroxylation is 1. The molecule has 2 heterocycles. The fourth-order valence-electron chi connectivity index (χ4n) is 6.49. The van der Waals surface area contributed by atoms with E-state index in [1.165, 1.54) is 6.08 Å². The molecule has 0 saturated carbocycles. The van der Waals surface area contributed by atoms with E-state index in [1.807, 2.05) is 38.1 Å². The number of carboxylic acids is 1. The Morgan fingerprint density at radius 3 is 2.32 bits per heavy atom. The molecule has 0 aliphatic rings. The number of primary amides is 1. The number of carbonyl (C=O) groups is 6. The molecule has 2 aromatic carbocycles. The van der Waals surface area contributed by atoms with E-state index in [-0.39, 0.29) is 50.9 Å². The summed E-state index contributed by atoms with van der Waals surface area (Å²) in [5, 5.41) is 23.4. The number of unbranched alkanes of at least 4 members (excludes halogenated alkanes) is 1. The molecule has 16 heteroatoms. The van der Waals surface area contributed by atoms with Crippen LogP contribution in [0.1, 0.15) is 88.3 Å². The Balaban J connectivity index is 1.44. The van der Waals surface area contributed by atoms with Crippen molar-refractivity contribution in [2.24, 2.45) is 5.73 Å². The molecule has 0 aliphatic heterocycles. The summed E-state index contributed by atoms with van der Waals surface area (Å²) in [6.45, 7) is 5.80. The topological polar surface area (TPSA) is 248 Å². The number of nitrogens with one attached hydrogen (secondary N) is 5. The Bertz CT molecular complexity index is 2090. The van der Waals surface area contributed by atoms with Gasteiger partial charge >= 0.3 is 5.97 Å². The number of nitrogens with zero attached hydrogens (tertiary/aromatic N) is 2. The maximum atomic E-state index is 13.9. The molecule has 0 fully saturated rings. The van der Waals surface area contributed by atoms with Gasteiger partial charge in [0.25, 0.3) is 6.01 Å². The molecule has 8 N–H and O–H groups in total. The molecule has 0 bridgehead atoms. The number of carboxylic acid groups (broad SMARTS) is 1. The van der Waals surface area contributed by atoms with E-state index in [2.05, 4.69) is 36.6 Å². The van der Waals surface area contributed by atoms with Gasteiger partial charge in [-0.1, -0.05) is 50.6 Å². The summed E-state index contributed by atoms with van der Waals surface area (Å²) in [7, 11) is 0. The van der Waals surface area contributed by atoms with Gasteiger partial charge in [-0.2, -0.15) is 4.98 Å². The number of amides is 5. The van der Waals surface area contributed by atoms with Crippen LogP contribution in [0.25, 0.3) is 17.2 Å². The van der Waals surface area contributed by atoms with Gasteiger partial charge in [-0.3, -0.25) is 33.8 Å². The van der Waals surface area contributed by atoms with Crippen LogP contribution >= 0.6 is 0 Å². The van der Waals surface area contributed by atoms with Crippen LogP contribution in [-0.4, -0.2) is 74.7 Å². The molecule has 0 spiro atoms. The summed E-state index contributed by atoms with van der Waals surface area (Å²) in [5.74, 6) is -3.91. The van der Waals surface area contributed by atoms with Crippen molar-refractivity contribution in [1.29, 1.82) is 0 Å². The zero-order valence-corrected chi connectivity index (χ0v) is 33.7. The highest BCUT2D eigenvalue weighted by molar-refractivity contribution is 5.96. The number of fused-ring (bicyclic) bond motifs is 1. The van der Waals surface area contributed by atoms with Crippen molar-refractivity contribution >= 4 is 64.4 Å². The van der Waals surface area contributed by atoms with Gasteiger partial charge in [0.05, 0.1) is 6.42 Å². The van der Waals surface area contributed by atoms with Crippen LogP contribution < -0.4 is 32.3 Å². The number of hydrogen-bond acceptors (Lipinski definition) is 10. The third-order valence-corrected chi connectivity index (χ3v) is 9.80. The average molecular weight is 811 g/mol. The lowest BCUT2D eigenvalue weighted by Gasteiger charge is -2.32. The largest absolute Gasteiger partial charge is 0.481 e. The van der Waals surface area contributed by atoms with E-state index >= 15 is 0 Å². The van der Waals surface area contributed by atoms with Crippen LogP contribution in [-0.2, 0) is 35.2 Å². The smallest absolute Gasteiger partial charge is 0.303 e. The number of pyridine rings is 1. The Hall–Kier alpha value is -6.58. The van der Waals surface area contributed by atoms with Crippen molar-refractivity contribution in [3.05, 3.63) is 89.8 Å². The zero-order chi connectivity index (χ0) is 42.8. The molecule has 1 unspecified atom stereocenters. The molecule has 0 radical (unpaired) electrons. The van der Waals surface area contributed by atoms with Gasteiger partial charge < -0.3 is 41.8 Å². The van der Waals surface area contributed by atoms with Gasteiger partial charge in [-0.25, -0.2) is 0 Å². The normalized spacial score (nSPS) is 13.2. The first-order valence-electron chi connectivity index (χ1n) is 19.8. The first-order valence-corrected chi connectivity index (χ1v) is 19.8. The highest BCUT2D eigenvalue weighted by atomic mass is 16.4. The Kier molecular flexibility index (Phi) is 17.1. The average Bonchev–Trinajstić information content (AvgIpc) is 3.63. The van der Waals surface area contributed by atoms with Crippen LogP contribution in [0.3, 0.4) is 0 Å². The first-order chi connectivity index (χ1) is 28.3. The second kappa shape index (κ2) is 22.4. The molecule has 16 nitrogen and oxygen atoms in total. The molecular formula is C43H54N8O8. The van der Waals surface area contributed by atoms with Crippen LogP contribution in [0.4, 0.5) is 11.7 Å². The monoisotopic (exact) mass is 810 g/mol. The molecular weight excluding hydrogens is 757 g/mol. The maximum absolute atomic E-state index is 13.9. The number of rotatable bonds is 24. The quantitative estimate of drug-likeness (QED) is 0.0381. The molecule has 4 rings (SSSR count). The summed E-state index contributed by atoms with van der Waals surface area (Å²) >= 11 is 0. The fourth-order valence-corrected chi connectivity index (χ4v) is 6.49. The number of nitrogens with two attached hydrogens (primary N) is 1. The van der Waals surface area contributed by atoms with Crippen molar-refractivity contribution in [3.8, 4) is 0 Å². The number of oxazole rings is 1. The standard InChI is InChI=1S/C43H54N8O8/c1-4-23-43(5-2,41(44)58)51-40(57)33(14-9-16-37(54)55)49-39(56)32(13-6-7-25-46-35(52)22-19-30-12-10-24-45-27-30)48-36(53)26-29-17-20-31(21-18-29)47-42-50-38-28(3)11-8-15-34(38)59-42/h8,10-12,15,17-22,24,27,32-33H,4-7,9,13-14,16,23,25-26H2,1-3H3,(H2,44,58)(H,46,52)(H,47,50)(H,48,53)(H,49,56)(H,51,57)(H,54,55)/b22-19+/t32-,33-,43?/m1/s1. The minimum absolute atomic E-state index is 0.0443. The number of benzene rings is 2. The van der Waals surface area contributed by atoms with Crippen LogP contribution in [0.2, 0.25) is 0 Å². The molecule has 5 amide bonds. The molecule has 3 atom stereocenters. The third-order valence-electron chi connectivity index (χ3n) is 9.80. The second-order valence-electron chi connectivity index (χ2n) is 14.4. The summed E-state index contributed by atoms with van der Waals surface area (Å²) in [4.78, 5) is 85.8. The number of para-hydroxylation sites is 1. The molecule has 4 aromatic rings. The molecule has 0 aliphatic carbocycles. The van der Waals surface area contributed by atoms with E-state index in [4.69, 9.17) is 10.2 Å². The second-order valence-corrected chi connectivity index (χ2v) is 14.4. The van der Waals surface area contributed by atoms with Gasteiger partial charge in [0.2, 0.25) is 29.5 Å². The molecule has 59 heavy (non-hydrogen) atoms. The third kappa shape index (κ3) is 14.1. The lowest BCUT2D eigenvalue weighted by Crippen LogP contribution is -2.62. The molecule has 0 saturated heterocycles. The SMILES string of the molecule is CCCC(CC)(NC(=O)[C@@H](CCCC(=O)O)NC(=O)[C@@H](CCCCNC(=O)/C=C/c1cccnc1)NC(=O)Cc1ccc(Nc2nc3c(C)cccc3o2)cc1)C(N)=O. The van der Waals surface area contributed by atoms with Crippen molar-refractivity contribution in [2.45, 2.75) is 103 Å². The van der Waals surface area contributed by atoms with Gasteiger partial charge in [-0.15, -0.1) is 0 Å². The Morgan fingerprint density at radius 1 is 0.915 bits per heavy atom. The highest BCUT2D eigenvalue weighted by Crippen LogP contribution is 2.24. The maximum Gasteiger partial charge on any atom is 0.303 e. The molecule has 2 aromatic heterocycles. The van der Waals surface area contributed by atoms with Gasteiger partial charge in [0.15, 0.2) is 5.58 Å². The summed E-state index contributed by atoms with van der Waals surface area (Å²) < 4.78 is 5.80. The van der Waals surface area contributed by atoms with Crippen molar-refractivity contribution in [3.63, 3.8) is 0 Å². The van der Waals surface area contributed by atoms with Gasteiger partial charge in [0.1, 0.15) is 23.1 Å². The van der Waals surface area contributed by atoms with E-state index in [1.54, 1.807) is 55.7 Å². The molecule has 314 valence electrons. The Morgan fingerprint density at radius 2 is 1.66 bits per heavy atom. The van der Waals surface area contributed by atoms with Crippen LogP contribution in [0.15, 0.2) is 77.5 Å². The van der Waals surface area contributed by atoms with Crippen LogP contribution in [0.5, 0.6) is 0 Å².